The van der Waals surface area contributed by atoms with Crippen LogP contribution in [0.15, 0.2) is 54.9 Å². The number of benzene rings is 1. The van der Waals surface area contributed by atoms with Gasteiger partial charge < -0.3 is 10.3 Å². The Morgan fingerprint density at radius 1 is 1.06 bits per heavy atom. The van der Waals surface area contributed by atoms with Gasteiger partial charge in [0.15, 0.2) is 0 Å². The molecule has 2 aromatic heterocycles. The van der Waals surface area contributed by atoms with Crippen LogP contribution in [-0.4, -0.2) is 9.55 Å². The first-order chi connectivity index (χ1) is 8.34. The monoisotopic (exact) mass is 223 g/mol. The maximum Gasteiger partial charge on any atom is 0.132 e. The highest BCUT2D eigenvalue weighted by atomic mass is 15.0. The number of aromatic nitrogens is 2. The van der Waals surface area contributed by atoms with Gasteiger partial charge in [-0.05, 0) is 17.7 Å². The van der Waals surface area contributed by atoms with Gasteiger partial charge in [0.05, 0.1) is 5.52 Å². The minimum atomic E-state index is 0.592. The smallest absolute Gasteiger partial charge is 0.132 e. The van der Waals surface area contributed by atoms with Crippen molar-refractivity contribution in [2.45, 2.75) is 6.54 Å². The summed E-state index contributed by atoms with van der Waals surface area (Å²) in [6.07, 6.45) is 3.80. The highest BCUT2D eigenvalue weighted by Crippen LogP contribution is 2.20. The Balaban J connectivity index is 2.05. The molecule has 3 rings (SSSR count). The predicted molar refractivity (Wildman–Crippen MR) is 69.7 cm³/mol. The van der Waals surface area contributed by atoms with Crippen molar-refractivity contribution < 1.29 is 0 Å². The van der Waals surface area contributed by atoms with E-state index in [-0.39, 0.29) is 0 Å². The van der Waals surface area contributed by atoms with E-state index in [0.717, 1.165) is 17.4 Å². The lowest BCUT2D eigenvalue weighted by atomic mass is 10.2. The molecule has 0 amide bonds. The lowest BCUT2D eigenvalue weighted by Gasteiger charge is -2.05. The second kappa shape index (κ2) is 3.94. The van der Waals surface area contributed by atoms with Crippen LogP contribution in [0.2, 0.25) is 0 Å². The molecule has 0 bridgehead atoms. The van der Waals surface area contributed by atoms with Gasteiger partial charge in [-0.15, -0.1) is 0 Å². The summed E-state index contributed by atoms with van der Waals surface area (Å²) >= 11 is 0. The van der Waals surface area contributed by atoms with Crippen LogP contribution in [0.25, 0.3) is 10.9 Å². The molecule has 3 heteroatoms. The molecule has 0 aliphatic carbocycles. The number of nitrogens with two attached hydrogens (primary N) is 1. The highest BCUT2D eigenvalue weighted by Gasteiger charge is 2.04. The zero-order valence-electron chi connectivity index (χ0n) is 9.38. The third-order valence-corrected chi connectivity index (χ3v) is 2.92. The van der Waals surface area contributed by atoms with Gasteiger partial charge in [0, 0.05) is 24.3 Å². The van der Waals surface area contributed by atoms with E-state index in [1.807, 2.05) is 18.2 Å². The van der Waals surface area contributed by atoms with Gasteiger partial charge in [0.25, 0.3) is 0 Å². The summed E-state index contributed by atoms with van der Waals surface area (Å²) in [6, 6.07) is 14.4. The summed E-state index contributed by atoms with van der Waals surface area (Å²) in [5, 5.41) is 1.02. The number of rotatable bonds is 2. The SMILES string of the molecule is Nc1nccc2c1ccn2Cc1ccccc1. The van der Waals surface area contributed by atoms with Gasteiger partial charge in [-0.25, -0.2) is 4.98 Å². The van der Waals surface area contributed by atoms with Crippen molar-refractivity contribution >= 4 is 16.7 Å². The third kappa shape index (κ3) is 1.76. The lowest BCUT2D eigenvalue weighted by molar-refractivity contribution is 0.836. The number of hydrogen-bond donors (Lipinski definition) is 1. The summed E-state index contributed by atoms with van der Waals surface area (Å²) in [6.45, 7) is 0.855. The van der Waals surface area contributed by atoms with Crippen molar-refractivity contribution in [3.8, 4) is 0 Å². The quantitative estimate of drug-likeness (QED) is 0.725. The number of nitrogen functional groups attached to an aromatic ring is 1. The van der Waals surface area contributed by atoms with Gasteiger partial charge in [-0.1, -0.05) is 30.3 Å². The Kier molecular flexibility index (Phi) is 2.29. The van der Waals surface area contributed by atoms with Gasteiger partial charge in [0.2, 0.25) is 0 Å². The minimum absolute atomic E-state index is 0.592. The fraction of sp³-hybridized carbons (Fsp3) is 0.0714. The summed E-state index contributed by atoms with van der Waals surface area (Å²) in [5.74, 6) is 0.592. The van der Waals surface area contributed by atoms with Gasteiger partial charge in [-0.3, -0.25) is 0 Å². The largest absolute Gasteiger partial charge is 0.383 e. The molecule has 3 nitrogen and oxygen atoms in total. The van der Waals surface area contributed by atoms with E-state index in [0.29, 0.717) is 5.82 Å². The van der Waals surface area contributed by atoms with E-state index in [1.54, 1.807) is 6.20 Å². The van der Waals surface area contributed by atoms with E-state index in [1.165, 1.54) is 5.56 Å². The first-order valence-electron chi connectivity index (χ1n) is 5.58. The molecule has 1 aromatic carbocycles. The van der Waals surface area contributed by atoms with E-state index in [2.05, 4.69) is 40.0 Å². The van der Waals surface area contributed by atoms with Crippen LogP contribution in [-0.2, 0) is 6.54 Å². The molecular formula is C14H13N3. The summed E-state index contributed by atoms with van der Waals surface area (Å²) in [7, 11) is 0. The molecule has 0 saturated heterocycles. The van der Waals surface area contributed by atoms with Crippen LogP contribution in [0.5, 0.6) is 0 Å². The fourth-order valence-corrected chi connectivity index (χ4v) is 2.06. The van der Waals surface area contributed by atoms with Gasteiger partial charge >= 0.3 is 0 Å². The van der Waals surface area contributed by atoms with Crippen molar-refractivity contribution in [3.05, 3.63) is 60.4 Å². The van der Waals surface area contributed by atoms with Crippen LogP contribution < -0.4 is 5.73 Å². The van der Waals surface area contributed by atoms with Crippen LogP contribution in [0.3, 0.4) is 0 Å². The van der Waals surface area contributed by atoms with E-state index < -0.39 is 0 Å². The molecule has 17 heavy (non-hydrogen) atoms. The Morgan fingerprint density at radius 2 is 1.88 bits per heavy atom. The molecule has 2 heterocycles. The zero-order valence-corrected chi connectivity index (χ0v) is 9.38. The molecule has 0 saturated carbocycles. The van der Waals surface area contributed by atoms with Crippen LogP contribution in [0, 0.1) is 0 Å². The van der Waals surface area contributed by atoms with Crippen LogP contribution >= 0.6 is 0 Å². The highest BCUT2D eigenvalue weighted by molar-refractivity contribution is 5.89. The normalized spacial score (nSPS) is 10.8. The standard InChI is InChI=1S/C14H13N3/c15-14-12-7-9-17(13(12)6-8-16-14)10-11-4-2-1-3-5-11/h1-9H,10H2,(H2,15,16). The molecule has 3 aromatic rings. The second-order valence-electron chi connectivity index (χ2n) is 4.06. The molecule has 0 aliphatic rings. The molecule has 0 atom stereocenters. The topological polar surface area (TPSA) is 43.8 Å². The number of anilines is 1. The molecule has 84 valence electrons. The number of nitrogens with zero attached hydrogens (tertiary/aromatic N) is 2. The third-order valence-electron chi connectivity index (χ3n) is 2.92. The molecule has 0 unspecified atom stereocenters. The van der Waals surface area contributed by atoms with Crippen LogP contribution in [0.4, 0.5) is 5.82 Å². The minimum Gasteiger partial charge on any atom is -0.383 e. The number of hydrogen-bond acceptors (Lipinski definition) is 2. The number of pyridine rings is 1. The van der Waals surface area contributed by atoms with Crippen molar-refractivity contribution in [1.29, 1.82) is 0 Å². The molecule has 2 N–H and O–H groups in total. The van der Waals surface area contributed by atoms with E-state index in [9.17, 15) is 0 Å². The number of fused-ring (bicyclic) bond motifs is 1. The molecular weight excluding hydrogens is 210 g/mol. The Labute approximate surface area is 99.5 Å². The van der Waals surface area contributed by atoms with Crippen molar-refractivity contribution in [1.82, 2.24) is 9.55 Å². The van der Waals surface area contributed by atoms with Crippen molar-refractivity contribution in [3.63, 3.8) is 0 Å². The Hall–Kier alpha value is -2.29. The maximum atomic E-state index is 5.84. The molecule has 0 radical (unpaired) electrons. The van der Waals surface area contributed by atoms with Gasteiger partial charge in [0.1, 0.15) is 5.82 Å². The Morgan fingerprint density at radius 3 is 2.71 bits per heavy atom. The Bertz CT molecular complexity index is 641. The first-order valence-corrected chi connectivity index (χ1v) is 5.58. The molecule has 0 fully saturated rings. The average molecular weight is 223 g/mol. The summed E-state index contributed by atoms with van der Waals surface area (Å²) in [4.78, 5) is 4.09. The first kappa shape index (κ1) is 9.90. The van der Waals surface area contributed by atoms with E-state index >= 15 is 0 Å². The average Bonchev–Trinajstić information content (AvgIpc) is 2.76. The fourth-order valence-electron chi connectivity index (χ4n) is 2.06. The molecule has 0 spiro atoms. The van der Waals surface area contributed by atoms with Crippen LogP contribution in [0.1, 0.15) is 5.56 Å². The van der Waals surface area contributed by atoms with Gasteiger partial charge in [-0.2, -0.15) is 0 Å². The molecule has 0 aliphatic heterocycles. The van der Waals surface area contributed by atoms with Crippen molar-refractivity contribution in [2.24, 2.45) is 0 Å². The second-order valence-corrected chi connectivity index (χ2v) is 4.06. The predicted octanol–water partition coefficient (Wildman–Crippen LogP) is 2.67. The summed E-state index contributed by atoms with van der Waals surface area (Å²) < 4.78 is 2.18. The summed E-state index contributed by atoms with van der Waals surface area (Å²) in [5.41, 5.74) is 8.24. The lowest BCUT2D eigenvalue weighted by Crippen LogP contribution is -1.98. The maximum absolute atomic E-state index is 5.84. The van der Waals surface area contributed by atoms with E-state index in [4.69, 9.17) is 5.73 Å². The zero-order chi connectivity index (χ0) is 11.7. The van der Waals surface area contributed by atoms with Crippen molar-refractivity contribution in [2.75, 3.05) is 5.73 Å².